The molecule has 0 aliphatic carbocycles. The minimum absolute atomic E-state index is 0.557. The normalized spacial score (nSPS) is 10.2. The zero-order valence-electron chi connectivity index (χ0n) is 9.60. The summed E-state index contributed by atoms with van der Waals surface area (Å²) in [6.07, 6.45) is 1.70. The molecular weight excluding hydrogens is 278 g/mol. The zero-order valence-corrected chi connectivity index (χ0v) is 11.2. The van der Waals surface area contributed by atoms with Crippen molar-refractivity contribution in [1.29, 1.82) is 0 Å². The van der Waals surface area contributed by atoms with Gasteiger partial charge in [-0.2, -0.15) is 0 Å². The minimum atomic E-state index is 0.557. The highest BCUT2D eigenvalue weighted by molar-refractivity contribution is 9.10. The van der Waals surface area contributed by atoms with Crippen LogP contribution < -0.4 is 10.6 Å². The summed E-state index contributed by atoms with van der Waals surface area (Å²) in [4.78, 5) is 6.17. The second-order valence-corrected chi connectivity index (χ2v) is 4.71. The van der Waals surface area contributed by atoms with E-state index in [0.29, 0.717) is 5.82 Å². The van der Waals surface area contributed by atoms with Crippen molar-refractivity contribution in [3.63, 3.8) is 0 Å². The summed E-state index contributed by atoms with van der Waals surface area (Å²) in [6, 6.07) is 12.0. The van der Waals surface area contributed by atoms with Crippen LogP contribution in [0.3, 0.4) is 0 Å². The van der Waals surface area contributed by atoms with Crippen LogP contribution in [0.15, 0.2) is 47.1 Å². The van der Waals surface area contributed by atoms with Crippen molar-refractivity contribution >= 4 is 27.4 Å². The number of halogens is 1. The van der Waals surface area contributed by atoms with Gasteiger partial charge in [0.05, 0.1) is 5.69 Å². The first-order valence-electron chi connectivity index (χ1n) is 5.33. The molecule has 3 nitrogen and oxygen atoms in total. The van der Waals surface area contributed by atoms with Crippen LogP contribution in [0.1, 0.15) is 5.56 Å². The first kappa shape index (κ1) is 11.9. The summed E-state index contributed by atoms with van der Waals surface area (Å²) < 4.78 is 1.11. The average molecular weight is 292 g/mol. The Labute approximate surface area is 109 Å². The van der Waals surface area contributed by atoms with Crippen molar-refractivity contribution in [3.05, 3.63) is 52.6 Å². The van der Waals surface area contributed by atoms with Crippen LogP contribution in [0.2, 0.25) is 0 Å². The van der Waals surface area contributed by atoms with E-state index in [4.69, 9.17) is 5.73 Å². The van der Waals surface area contributed by atoms with Crippen molar-refractivity contribution in [2.75, 3.05) is 17.7 Å². The standard InChI is InChI=1S/C13H14BrN3/c1-17(12-7-4-8-16-13(12)15)9-10-5-2-3-6-11(10)14/h2-8H,9H2,1H3,(H2,15,16). The van der Waals surface area contributed by atoms with E-state index in [1.54, 1.807) is 6.20 Å². The van der Waals surface area contributed by atoms with Gasteiger partial charge in [0.2, 0.25) is 0 Å². The quantitative estimate of drug-likeness (QED) is 0.945. The lowest BCUT2D eigenvalue weighted by molar-refractivity contribution is 0.916. The zero-order chi connectivity index (χ0) is 12.3. The number of nitrogens with zero attached hydrogens (tertiary/aromatic N) is 2. The van der Waals surface area contributed by atoms with Gasteiger partial charge in [0.25, 0.3) is 0 Å². The molecule has 0 unspecified atom stereocenters. The van der Waals surface area contributed by atoms with E-state index in [-0.39, 0.29) is 0 Å². The van der Waals surface area contributed by atoms with Crippen LogP contribution >= 0.6 is 15.9 Å². The Bertz CT molecular complexity index is 514. The van der Waals surface area contributed by atoms with Gasteiger partial charge in [-0.1, -0.05) is 34.1 Å². The van der Waals surface area contributed by atoms with E-state index < -0.39 is 0 Å². The molecule has 17 heavy (non-hydrogen) atoms. The molecule has 0 spiro atoms. The largest absolute Gasteiger partial charge is 0.382 e. The average Bonchev–Trinajstić information content (AvgIpc) is 2.32. The van der Waals surface area contributed by atoms with Gasteiger partial charge in [0, 0.05) is 24.3 Å². The van der Waals surface area contributed by atoms with Gasteiger partial charge >= 0.3 is 0 Å². The number of nitrogens with two attached hydrogens (primary N) is 1. The molecule has 2 aromatic rings. The monoisotopic (exact) mass is 291 g/mol. The van der Waals surface area contributed by atoms with Gasteiger partial charge in [-0.3, -0.25) is 0 Å². The summed E-state index contributed by atoms with van der Waals surface area (Å²) in [5.74, 6) is 0.557. The first-order valence-corrected chi connectivity index (χ1v) is 6.13. The van der Waals surface area contributed by atoms with Crippen LogP contribution in [-0.4, -0.2) is 12.0 Å². The second-order valence-electron chi connectivity index (χ2n) is 3.86. The fourth-order valence-electron chi connectivity index (χ4n) is 1.70. The third-order valence-corrected chi connectivity index (χ3v) is 3.37. The van der Waals surface area contributed by atoms with E-state index in [0.717, 1.165) is 16.7 Å². The molecular formula is C13H14BrN3. The number of hydrogen-bond donors (Lipinski definition) is 1. The Kier molecular flexibility index (Phi) is 3.64. The molecule has 0 aliphatic rings. The molecule has 0 amide bonds. The first-order chi connectivity index (χ1) is 8.18. The van der Waals surface area contributed by atoms with Crippen LogP contribution in [0.5, 0.6) is 0 Å². The lowest BCUT2D eigenvalue weighted by Gasteiger charge is -2.21. The van der Waals surface area contributed by atoms with Crippen LogP contribution in [-0.2, 0) is 6.54 Å². The second kappa shape index (κ2) is 5.19. The number of rotatable bonds is 3. The number of benzene rings is 1. The fourth-order valence-corrected chi connectivity index (χ4v) is 2.11. The highest BCUT2D eigenvalue weighted by atomic mass is 79.9. The van der Waals surface area contributed by atoms with Gasteiger partial charge in [0.1, 0.15) is 5.82 Å². The van der Waals surface area contributed by atoms with Crippen molar-refractivity contribution in [2.45, 2.75) is 6.54 Å². The summed E-state index contributed by atoms with van der Waals surface area (Å²) in [6.45, 7) is 0.789. The maximum absolute atomic E-state index is 5.85. The fraction of sp³-hybridized carbons (Fsp3) is 0.154. The number of anilines is 2. The van der Waals surface area contributed by atoms with Crippen molar-refractivity contribution in [2.24, 2.45) is 0 Å². The van der Waals surface area contributed by atoms with E-state index in [1.165, 1.54) is 5.56 Å². The SMILES string of the molecule is CN(Cc1ccccc1Br)c1cccnc1N. The predicted octanol–water partition coefficient (Wildman–Crippen LogP) is 3.06. The maximum atomic E-state index is 5.85. The maximum Gasteiger partial charge on any atom is 0.146 e. The third kappa shape index (κ3) is 2.77. The number of aromatic nitrogens is 1. The number of hydrogen-bond acceptors (Lipinski definition) is 3. The molecule has 2 N–H and O–H groups in total. The molecule has 0 saturated carbocycles. The summed E-state index contributed by atoms with van der Waals surface area (Å²) in [5, 5.41) is 0. The van der Waals surface area contributed by atoms with Gasteiger partial charge < -0.3 is 10.6 Å². The molecule has 0 aliphatic heterocycles. The van der Waals surface area contributed by atoms with Gasteiger partial charge in [-0.15, -0.1) is 0 Å². The van der Waals surface area contributed by atoms with Crippen molar-refractivity contribution in [1.82, 2.24) is 4.98 Å². The predicted molar refractivity (Wildman–Crippen MR) is 74.9 cm³/mol. The van der Waals surface area contributed by atoms with Crippen molar-refractivity contribution in [3.8, 4) is 0 Å². The smallest absolute Gasteiger partial charge is 0.146 e. The molecule has 1 aromatic carbocycles. The molecule has 0 bridgehead atoms. The number of nitrogen functional groups attached to an aromatic ring is 1. The Morgan fingerprint density at radius 3 is 2.71 bits per heavy atom. The highest BCUT2D eigenvalue weighted by Gasteiger charge is 2.07. The van der Waals surface area contributed by atoms with Gasteiger partial charge in [-0.25, -0.2) is 4.98 Å². The molecule has 88 valence electrons. The topological polar surface area (TPSA) is 42.2 Å². The van der Waals surface area contributed by atoms with Gasteiger partial charge in [-0.05, 0) is 23.8 Å². The minimum Gasteiger partial charge on any atom is -0.382 e. The molecule has 4 heteroatoms. The van der Waals surface area contributed by atoms with E-state index in [2.05, 4.69) is 31.9 Å². The molecule has 1 aromatic heterocycles. The molecule has 0 radical (unpaired) electrons. The lowest BCUT2D eigenvalue weighted by Crippen LogP contribution is -2.18. The molecule has 1 heterocycles. The van der Waals surface area contributed by atoms with Crippen LogP contribution in [0.4, 0.5) is 11.5 Å². The summed E-state index contributed by atoms with van der Waals surface area (Å²) in [7, 11) is 2.01. The van der Waals surface area contributed by atoms with E-state index in [9.17, 15) is 0 Å². The molecule has 0 fully saturated rings. The summed E-state index contributed by atoms with van der Waals surface area (Å²) in [5.41, 5.74) is 8.02. The Morgan fingerprint density at radius 1 is 1.24 bits per heavy atom. The molecule has 0 atom stereocenters. The Balaban J connectivity index is 2.20. The van der Waals surface area contributed by atoms with Gasteiger partial charge in [0.15, 0.2) is 0 Å². The Morgan fingerprint density at radius 2 is 2.00 bits per heavy atom. The highest BCUT2D eigenvalue weighted by Crippen LogP contribution is 2.23. The Hall–Kier alpha value is -1.55. The summed E-state index contributed by atoms with van der Waals surface area (Å²) >= 11 is 3.54. The van der Waals surface area contributed by atoms with E-state index in [1.807, 2.05) is 37.4 Å². The van der Waals surface area contributed by atoms with Crippen molar-refractivity contribution < 1.29 is 0 Å². The molecule has 2 rings (SSSR count). The molecule has 0 saturated heterocycles. The van der Waals surface area contributed by atoms with E-state index >= 15 is 0 Å². The number of pyridine rings is 1. The van der Waals surface area contributed by atoms with Crippen LogP contribution in [0, 0.1) is 0 Å². The van der Waals surface area contributed by atoms with Crippen LogP contribution in [0.25, 0.3) is 0 Å². The lowest BCUT2D eigenvalue weighted by atomic mass is 10.2. The third-order valence-electron chi connectivity index (χ3n) is 2.59.